The molecular formula is C15H17NS. The molecule has 2 heteroatoms. The first kappa shape index (κ1) is 13.5. The monoisotopic (exact) mass is 243 g/mol. The van der Waals surface area contributed by atoms with Crippen LogP contribution in [0.25, 0.3) is 0 Å². The Morgan fingerprint density at radius 2 is 1.94 bits per heavy atom. The zero-order chi connectivity index (χ0) is 12.8. The summed E-state index contributed by atoms with van der Waals surface area (Å²) in [5.74, 6) is 0. The molecule has 1 nitrogen and oxygen atoms in total. The zero-order valence-corrected chi connectivity index (χ0v) is 11.2. The zero-order valence-electron chi connectivity index (χ0n) is 10.4. The van der Waals surface area contributed by atoms with Gasteiger partial charge in [0.1, 0.15) is 0 Å². The molecule has 1 aromatic carbocycles. The normalized spacial score (nSPS) is 11.1. The Labute approximate surface area is 108 Å². The van der Waals surface area contributed by atoms with Crippen molar-refractivity contribution in [3.8, 4) is 0 Å². The van der Waals surface area contributed by atoms with Crippen LogP contribution in [0.3, 0.4) is 0 Å². The van der Waals surface area contributed by atoms with Gasteiger partial charge >= 0.3 is 0 Å². The van der Waals surface area contributed by atoms with Gasteiger partial charge in [-0.2, -0.15) is 0 Å². The fourth-order valence-corrected chi connectivity index (χ4v) is 2.18. The molecule has 0 unspecified atom stereocenters. The van der Waals surface area contributed by atoms with Gasteiger partial charge in [-0.3, -0.25) is 4.99 Å². The minimum absolute atomic E-state index is 0.879. The van der Waals surface area contributed by atoms with Gasteiger partial charge in [0, 0.05) is 22.4 Å². The van der Waals surface area contributed by atoms with Gasteiger partial charge in [0.15, 0.2) is 0 Å². The van der Waals surface area contributed by atoms with E-state index in [0.29, 0.717) is 0 Å². The predicted octanol–water partition coefficient (Wildman–Crippen LogP) is 4.36. The highest BCUT2D eigenvalue weighted by Crippen LogP contribution is 2.27. The second-order valence-electron chi connectivity index (χ2n) is 3.58. The number of aryl methyl sites for hydroxylation is 1. The summed E-state index contributed by atoms with van der Waals surface area (Å²) in [5.41, 5.74) is 3.22. The second-order valence-corrected chi connectivity index (χ2v) is 4.80. The molecule has 1 rings (SSSR count). The van der Waals surface area contributed by atoms with Crippen LogP contribution in [-0.2, 0) is 0 Å². The molecule has 17 heavy (non-hydrogen) atoms. The highest BCUT2D eigenvalue weighted by Gasteiger charge is 2.10. The van der Waals surface area contributed by atoms with E-state index in [1.165, 1.54) is 17.3 Å². The molecule has 0 aliphatic rings. The summed E-state index contributed by atoms with van der Waals surface area (Å²) in [4.78, 5) is 6.10. The number of aliphatic imine (C=N–C) groups is 1. The van der Waals surface area contributed by atoms with Crippen LogP contribution in [0.4, 0.5) is 0 Å². The van der Waals surface area contributed by atoms with Crippen molar-refractivity contribution in [1.29, 1.82) is 0 Å². The minimum atomic E-state index is 0.879. The Morgan fingerprint density at radius 3 is 2.47 bits per heavy atom. The molecule has 0 heterocycles. The SMILES string of the molecule is C=CC(=C)SC(=C)/C(=N/C)c1ccccc1C. The maximum absolute atomic E-state index is 4.33. The van der Waals surface area contributed by atoms with Crippen molar-refractivity contribution in [3.63, 3.8) is 0 Å². The molecule has 0 bridgehead atoms. The Hall–Kier alpha value is -1.54. The highest BCUT2D eigenvalue weighted by molar-refractivity contribution is 8.07. The molecule has 0 aliphatic carbocycles. The summed E-state index contributed by atoms with van der Waals surface area (Å²) in [7, 11) is 1.78. The van der Waals surface area contributed by atoms with Gasteiger partial charge < -0.3 is 0 Å². The van der Waals surface area contributed by atoms with E-state index in [4.69, 9.17) is 0 Å². The summed E-state index contributed by atoms with van der Waals surface area (Å²) in [6, 6.07) is 8.15. The fourth-order valence-electron chi connectivity index (χ4n) is 1.48. The second kappa shape index (κ2) is 6.26. The van der Waals surface area contributed by atoms with Gasteiger partial charge in [-0.05, 0) is 12.5 Å². The molecule has 0 saturated heterocycles. The van der Waals surface area contributed by atoms with Gasteiger partial charge in [-0.1, -0.05) is 61.8 Å². The quantitative estimate of drug-likeness (QED) is 0.553. The maximum atomic E-state index is 4.33. The van der Waals surface area contributed by atoms with E-state index in [2.05, 4.69) is 43.8 Å². The Kier molecular flexibility index (Phi) is 4.98. The molecule has 0 radical (unpaired) electrons. The Balaban J connectivity index is 3.02. The molecule has 0 saturated carbocycles. The summed E-state index contributed by atoms with van der Waals surface area (Å²) >= 11 is 1.50. The van der Waals surface area contributed by atoms with Crippen LogP contribution >= 0.6 is 11.8 Å². The molecular weight excluding hydrogens is 226 g/mol. The molecule has 0 fully saturated rings. The average molecular weight is 243 g/mol. The predicted molar refractivity (Wildman–Crippen MR) is 79.7 cm³/mol. The van der Waals surface area contributed by atoms with Crippen molar-refractivity contribution in [2.75, 3.05) is 7.05 Å². The van der Waals surface area contributed by atoms with E-state index in [1.807, 2.05) is 12.1 Å². The summed E-state index contributed by atoms with van der Waals surface area (Å²) in [6.45, 7) is 13.7. The molecule has 0 spiro atoms. The number of allylic oxidation sites excluding steroid dienone is 2. The lowest BCUT2D eigenvalue weighted by Crippen LogP contribution is -2.04. The molecule has 0 aliphatic heterocycles. The van der Waals surface area contributed by atoms with Crippen molar-refractivity contribution in [2.45, 2.75) is 6.92 Å². The smallest absolute Gasteiger partial charge is 0.0779 e. The van der Waals surface area contributed by atoms with Crippen molar-refractivity contribution >= 4 is 17.5 Å². The van der Waals surface area contributed by atoms with Crippen LogP contribution in [0, 0.1) is 6.92 Å². The molecule has 1 aromatic rings. The van der Waals surface area contributed by atoms with Crippen LogP contribution < -0.4 is 0 Å². The Bertz CT molecular complexity index is 483. The van der Waals surface area contributed by atoms with Crippen molar-refractivity contribution in [2.24, 2.45) is 4.99 Å². The van der Waals surface area contributed by atoms with E-state index >= 15 is 0 Å². The summed E-state index contributed by atoms with van der Waals surface area (Å²) in [6.07, 6.45) is 1.72. The van der Waals surface area contributed by atoms with E-state index in [-0.39, 0.29) is 0 Å². The number of hydrogen-bond donors (Lipinski definition) is 0. The number of hydrogen-bond acceptors (Lipinski definition) is 2. The van der Waals surface area contributed by atoms with Crippen molar-refractivity contribution in [1.82, 2.24) is 0 Å². The molecule has 0 N–H and O–H groups in total. The largest absolute Gasteiger partial charge is 0.287 e. The van der Waals surface area contributed by atoms with Crippen LogP contribution in [0.2, 0.25) is 0 Å². The lowest BCUT2D eigenvalue weighted by Gasteiger charge is -2.11. The summed E-state index contributed by atoms with van der Waals surface area (Å²) < 4.78 is 0. The van der Waals surface area contributed by atoms with Crippen LogP contribution in [0.15, 0.2) is 64.9 Å². The minimum Gasteiger partial charge on any atom is -0.287 e. The number of thioether (sulfide) groups is 1. The van der Waals surface area contributed by atoms with E-state index in [0.717, 1.165) is 21.1 Å². The lowest BCUT2D eigenvalue weighted by atomic mass is 10.0. The van der Waals surface area contributed by atoms with Gasteiger partial charge in [0.2, 0.25) is 0 Å². The third-order valence-electron chi connectivity index (χ3n) is 2.37. The average Bonchev–Trinajstić information content (AvgIpc) is 2.32. The maximum Gasteiger partial charge on any atom is 0.0779 e. The third kappa shape index (κ3) is 3.46. The molecule has 0 aromatic heterocycles. The molecule has 0 atom stereocenters. The lowest BCUT2D eigenvalue weighted by molar-refractivity contribution is 1.39. The van der Waals surface area contributed by atoms with E-state index in [9.17, 15) is 0 Å². The summed E-state index contributed by atoms with van der Waals surface area (Å²) in [5, 5.41) is 0. The van der Waals surface area contributed by atoms with E-state index < -0.39 is 0 Å². The van der Waals surface area contributed by atoms with Crippen LogP contribution in [0.1, 0.15) is 11.1 Å². The first-order valence-electron chi connectivity index (χ1n) is 5.31. The van der Waals surface area contributed by atoms with Gasteiger partial charge in [0.25, 0.3) is 0 Å². The van der Waals surface area contributed by atoms with Crippen LogP contribution in [0.5, 0.6) is 0 Å². The van der Waals surface area contributed by atoms with Gasteiger partial charge in [-0.25, -0.2) is 0 Å². The standard InChI is InChI=1S/C15H17NS/c1-6-12(3)17-13(4)15(16-5)14-10-8-7-9-11(14)2/h6-10H,1,3-4H2,2,5H3/b16-15-. The van der Waals surface area contributed by atoms with Gasteiger partial charge in [0.05, 0.1) is 5.71 Å². The fraction of sp³-hybridized carbons (Fsp3) is 0.133. The highest BCUT2D eigenvalue weighted by atomic mass is 32.2. The molecule has 88 valence electrons. The third-order valence-corrected chi connectivity index (χ3v) is 3.24. The Morgan fingerprint density at radius 1 is 1.29 bits per heavy atom. The number of benzene rings is 1. The van der Waals surface area contributed by atoms with Crippen molar-refractivity contribution in [3.05, 3.63) is 71.0 Å². The van der Waals surface area contributed by atoms with Gasteiger partial charge in [-0.15, -0.1) is 0 Å². The van der Waals surface area contributed by atoms with Crippen LogP contribution in [-0.4, -0.2) is 12.8 Å². The number of nitrogens with zero attached hydrogens (tertiary/aromatic N) is 1. The van der Waals surface area contributed by atoms with Crippen molar-refractivity contribution < 1.29 is 0 Å². The molecule has 0 amide bonds. The topological polar surface area (TPSA) is 12.4 Å². The van der Waals surface area contributed by atoms with E-state index in [1.54, 1.807) is 13.1 Å². The first-order valence-corrected chi connectivity index (χ1v) is 6.13. The first-order chi connectivity index (χ1) is 8.10. The number of rotatable bonds is 5.